The van der Waals surface area contributed by atoms with Crippen molar-refractivity contribution in [1.29, 1.82) is 0 Å². The van der Waals surface area contributed by atoms with Crippen molar-refractivity contribution in [2.75, 3.05) is 32.0 Å². The van der Waals surface area contributed by atoms with Crippen LogP contribution >= 0.6 is 0 Å². The Labute approximate surface area is 154 Å². The first-order valence-corrected chi connectivity index (χ1v) is 7.84. The Morgan fingerprint density at radius 3 is 2.00 bits per heavy atom. The zero-order valence-corrected chi connectivity index (χ0v) is 14.8. The molecule has 0 saturated heterocycles. The number of carbonyl (C=O) groups is 3. The molecule has 0 fully saturated rings. The summed E-state index contributed by atoms with van der Waals surface area (Å²) in [6.45, 7) is 0. The lowest BCUT2D eigenvalue weighted by Gasteiger charge is -2.15. The van der Waals surface area contributed by atoms with E-state index in [4.69, 9.17) is 14.2 Å². The quantitative estimate of drug-likeness (QED) is 0.695. The van der Waals surface area contributed by atoms with Gasteiger partial charge in [-0.3, -0.25) is 14.9 Å². The Morgan fingerprint density at radius 2 is 1.41 bits per heavy atom. The van der Waals surface area contributed by atoms with E-state index in [-0.39, 0.29) is 11.1 Å². The van der Waals surface area contributed by atoms with Gasteiger partial charge < -0.3 is 24.8 Å². The van der Waals surface area contributed by atoms with E-state index in [9.17, 15) is 14.4 Å². The van der Waals surface area contributed by atoms with Gasteiger partial charge in [0, 0.05) is 17.8 Å². The van der Waals surface area contributed by atoms with E-state index in [1.54, 1.807) is 12.1 Å². The molecule has 140 valence electrons. The third-order valence-corrected chi connectivity index (χ3v) is 3.92. The molecule has 0 bridgehead atoms. The molecule has 4 amide bonds. The van der Waals surface area contributed by atoms with Crippen LogP contribution in [0.15, 0.2) is 30.3 Å². The van der Waals surface area contributed by atoms with Crippen molar-refractivity contribution in [3.8, 4) is 17.2 Å². The SMILES string of the molecule is COc1cc(NC(=O)Nc2ccc3c(c2)C(=O)NC3=O)cc(OC)c1OC. The predicted octanol–water partition coefficient (Wildman–Crippen LogP) is 2.24. The highest BCUT2D eigenvalue weighted by Crippen LogP contribution is 2.39. The monoisotopic (exact) mass is 371 g/mol. The summed E-state index contributed by atoms with van der Waals surface area (Å²) < 4.78 is 15.7. The molecule has 27 heavy (non-hydrogen) atoms. The van der Waals surface area contributed by atoms with Gasteiger partial charge in [-0.25, -0.2) is 4.79 Å². The fourth-order valence-corrected chi connectivity index (χ4v) is 2.69. The number of amides is 4. The molecule has 0 unspecified atom stereocenters. The van der Waals surface area contributed by atoms with Crippen LogP contribution in [0.3, 0.4) is 0 Å². The largest absolute Gasteiger partial charge is 0.493 e. The smallest absolute Gasteiger partial charge is 0.323 e. The van der Waals surface area contributed by atoms with Crippen molar-refractivity contribution >= 4 is 29.2 Å². The van der Waals surface area contributed by atoms with Crippen LogP contribution in [0.1, 0.15) is 20.7 Å². The average molecular weight is 371 g/mol. The Kier molecular flexibility index (Phi) is 4.84. The molecule has 1 aliphatic heterocycles. The molecule has 1 aliphatic rings. The second-order valence-electron chi connectivity index (χ2n) is 5.54. The van der Waals surface area contributed by atoms with E-state index >= 15 is 0 Å². The van der Waals surface area contributed by atoms with Gasteiger partial charge in [0.15, 0.2) is 11.5 Å². The van der Waals surface area contributed by atoms with Crippen LogP contribution in [-0.4, -0.2) is 39.2 Å². The van der Waals surface area contributed by atoms with Crippen molar-refractivity contribution < 1.29 is 28.6 Å². The molecule has 0 aromatic heterocycles. The maximum atomic E-state index is 12.3. The van der Waals surface area contributed by atoms with Crippen LogP contribution < -0.4 is 30.2 Å². The lowest BCUT2D eigenvalue weighted by molar-refractivity contribution is 0.0879. The second kappa shape index (κ2) is 7.24. The molecule has 0 saturated carbocycles. The Hall–Kier alpha value is -3.75. The Balaban J connectivity index is 1.78. The van der Waals surface area contributed by atoms with Crippen LogP contribution in [0.25, 0.3) is 0 Å². The molecule has 2 aromatic carbocycles. The predicted molar refractivity (Wildman–Crippen MR) is 97.0 cm³/mol. The van der Waals surface area contributed by atoms with Crippen LogP contribution in [-0.2, 0) is 0 Å². The molecule has 1 heterocycles. The van der Waals surface area contributed by atoms with Crippen molar-refractivity contribution in [1.82, 2.24) is 5.32 Å². The fraction of sp³-hybridized carbons (Fsp3) is 0.167. The number of fused-ring (bicyclic) bond motifs is 1. The highest BCUT2D eigenvalue weighted by Gasteiger charge is 2.26. The van der Waals surface area contributed by atoms with Gasteiger partial charge in [0.1, 0.15) is 0 Å². The van der Waals surface area contributed by atoms with Gasteiger partial charge in [0.05, 0.1) is 38.1 Å². The van der Waals surface area contributed by atoms with Gasteiger partial charge >= 0.3 is 6.03 Å². The maximum absolute atomic E-state index is 12.3. The van der Waals surface area contributed by atoms with E-state index in [0.717, 1.165) is 0 Å². The van der Waals surface area contributed by atoms with Gasteiger partial charge in [0.25, 0.3) is 11.8 Å². The van der Waals surface area contributed by atoms with Gasteiger partial charge in [-0.2, -0.15) is 0 Å². The summed E-state index contributed by atoms with van der Waals surface area (Å²) in [4.78, 5) is 35.5. The summed E-state index contributed by atoms with van der Waals surface area (Å²) in [5.41, 5.74) is 1.26. The lowest BCUT2D eigenvalue weighted by atomic mass is 10.1. The van der Waals surface area contributed by atoms with E-state index < -0.39 is 17.8 Å². The molecule has 3 rings (SSSR count). The van der Waals surface area contributed by atoms with Crippen LogP contribution in [0.2, 0.25) is 0 Å². The third-order valence-electron chi connectivity index (χ3n) is 3.92. The molecule has 9 heteroatoms. The summed E-state index contributed by atoms with van der Waals surface area (Å²) >= 11 is 0. The number of hydrogen-bond acceptors (Lipinski definition) is 6. The first kappa shape index (κ1) is 18.1. The maximum Gasteiger partial charge on any atom is 0.323 e. The van der Waals surface area contributed by atoms with Crippen molar-refractivity contribution in [3.05, 3.63) is 41.5 Å². The molecule has 2 aromatic rings. The highest BCUT2D eigenvalue weighted by molar-refractivity contribution is 6.22. The zero-order valence-electron chi connectivity index (χ0n) is 14.8. The number of hydrogen-bond donors (Lipinski definition) is 3. The van der Waals surface area contributed by atoms with Crippen LogP contribution in [0.5, 0.6) is 17.2 Å². The van der Waals surface area contributed by atoms with Crippen molar-refractivity contribution in [3.63, 3.8) is 0 Å². The number of methoxy groups -OCH3 is 3. The number of anilines is 2. The first-order valence-electron chi connectivity index (χ1n) is 7.84. The standard InChI is InChI=1S/C18H17N3O6/c1-25-13-7-10(8-14(26-2)15(13)27-3)20-18(24)19-9-4-5-11-12(6-9)17(23)21-16(11)22/h4-8H,1-3H3,(H2,19,20,24)(H,21,22,23). The molecule has 3 N–H and O–H groups in total. The van der Waals surface area contributed by atoms with E-state index in [1.165, 1.54) is 39.5 Å². The minimum atomic E-state index is -0.547. The topological polar surface area (TPSA) is 115 Å². The molecule has 0 aliphatic carbocycles. The van der Waals surface area contributed by atoms with Crippen LogP contribution in [0.4, 0.5) is 16.2 Å². The first-order chi connectivity index (χ1) is 13.0. The van der Waals surface area contributed by atoms with Crippen LogP contribution in [0, 0.1) is 0 Å². The number of imide groups is 1. The normalized spacial score (nSPS) is 12.1. The van der Waals surface area contributed by atoms with Crippen molar-refractivity contribution in [2.24, 2.45) is 0 Å². The van der Waals surface area contributed by atoms with E-state index in [0.29, 0.717) is 28.6 Å². The molecular formula is C18H17N3O6. The molecular weight excluding hydrogens is 354 g/mol. The molecule has 0 radical (unpaired) electrons. The number of carbonyl (C=O) groups excluding carboxylic acids is 3. The minimum Gasteiger partial charge on any atom is -0.493 e. The van der Waals surface area contributed by atoms with Gasteiger partial charge in [-0.05, 0) is 18.2 Å². The summed E-state index contributed by atoms with van der Waals surface area (Å²) in [6.07, 6.45) is 0. The van der Waals surface area contributed by atoms with Gasteiger partial charge in [-0.1, -0.05) is 0 Å². The minimum absolute atomic E-state index is 0.214. The summed E-state index contributed by atoms with van der Waals surface area (Å²) in [5.74, 6) is 0.229. The number of rotatable bonds is 5. The van der Waals surface area contributed by atoms with Crippen molar-refractivity contribution in [2.45, 2.75) is 0 Å². The number of benzene rings is 2. The molecule has 0 atom stereocenters. The Morgan fingerprint density at radius 1 is 0.815 bits per heavy atom. The number of ether oxygens (including phenoxy) is 3. The Bertz CT molecular complexity index is 916. The second-order valence-corrected chi connectivity index (χ2v) is 5.54. The molecule has 9 nitrogen and oxygen atoms in total. The number of nitrogens with one attached hydrogen (secondary N) is 3. The lowest BCUT2D eigenvalue weighted by Crippen LogP contribution is -2.20. The van der Waals surface area contributed by atoms with Gasteiger partial charge in [-0.15, -0.1) is 0 Å². The molecule has 0 spiro atoms. The third kappa shape index (κ3) is 3.47. The fourth-order valence-electron chi connectivity index (χ4n) is 2.69. The average Bonchev–Trinajstić information content (AvgIpc) is 2.94. The highest BCUT2D eigenvalue weighted by atomic mass is 16.5. The number of urea groups is 1. The van der Waals surface area contributed by atoms with E-state index in [1.807, 2.05) is 0 Å². The summed E-state index contributed by atoms with van der Waals surface area (Å²) in [5, 5.41) is 7.44. The van der Waals surface area contributed by atoms with E-state index in [2.05, 4.69) is 16.0 Å². The van der Waals surface area contributed by atoms with Gasteiger partial charge in [0.2, 0.25) is 5.75 Å². The summed E-state index contributed by atoms with van der Waals surface area (Å²) in [7, 11) is 4.42. The summed E-state index contributed by atoms with van der Waals surface area (Å²) in [6, 6.07) is 7.06. The zero-order chi connectivity index (χ0) is 19.6.